The number of benzene rings is 2. The monoisotopic (exact) mass is 543 g/mol. The summed E-state index contributed by atoms with van der Waals surface area (Å²) in [4.78, 5) is 16.6. The smallest absolute Gasteiger partial charge is 0.374 e. The van der Waals surface area contributed by atoms with E-state index in [-0.39, 0.29) is 28.4 Å². The normalized spacial score (nSPS) is 24.0. The van der Waals surface area contributed by atoms with Crippen LogP contribution in [0.25, 0.3) is 0 Å². The van der Waals surface area contributed by atoms with Crippen LogP contribution in [0, 0.1) is 5.92 Å². The van der Waals surface area contributed by atoms with E-state index in [1.165, 1.54) is 18.2 Å². The summed E-state index contributed by atoms with van der Waals surface area (Å²) >= 11 is 11.7. The molecular weight excluding hydrogens is 530 g/mol. The largest absolute Gasteiger partial charge is 0.435 e. The van der Waals surface area contributed by atoms with Crippen molar-refractivity contribution in [2.24, 2.45) is 11.1 Å². The van der Waals surface area contributed by atoms with Crippen molar-refractivity contribution < 1.29 is 40.4 Å². The molecule has 2 N–H and O–H groups in total. The van der Waals surface area contributed by atoms with E-state index in [2.05, 4.69) is 16.0 Å². The van der Waals surface area contributed by atoms with Crippen molar-refractivity contribution >= 4 is 40.5 Å². The first-order chi connectivity index (χ1) is 16.2. The van der Waals surface area contributed by atoms with Gasteiger partial charge in [-0.1, -0.05) is 34.4 Å². The zero-order chi connectivity index (χ0) is 25.8. The van der Waals surface area contributed by atoms with Crippen LogP contribution >= 0.6 is 23.2 Å². The summed E-state index contributed by atoms with van der Waals surface area (Å²) in [5.74, 6) is -1.43. The number of amides is 1. The summed E-state index contributed by atoms with van der Waals surface area (Å²) in [5, 5.41) is 3.02. The number of rotatable bonds is 5. The quantitative estimate of drug-likeness (QED) is 0.339. The number of hydrogen-bond acceptors (Lipinski definition) is 4. The maximum atomic E-state index is 14.2. The number of hydrogen-bond donors (Lipinski definition) is 2. The zero-order valence-corrected chi connectivity index (χ0v) is 18.7. The molecule has 2 aromatic rings. The summed E-state index contributed by atoms with van der Waals surface area (Å²) in [5.41, 5.74) is -0.818. The van der Waals surface area contributed by atoms with E-state index in [0.717, 1.165) is 6.07 Å². The Morgan fingerprint density at radius 1 is 1.09 bits per heavy atom. The van der Waals surface area contributed by atoms with Crippen LogP contribution in [-0.2, 0) is 21.4 Å². The minimum atomic E-state index is -5.17. The van der Waals surface area contributed by atoms with Crippen LogP contribution in [0.2, 0.25) is 10.0 Å². The molecule has 2 aromatic carbocycles. The maximum Gasteiger partial charge on any atom is 0.435 e. The molecule has 1 amide bonds. The number of oxime groups is 1. The molecule has 1 aliphatic carbocycles. The van der Waals surface area contributed by atoms with Crippen LogP contribution in [0.5, 0.6) is 0 Å². The fourth-order valence-electron chi connectivity index (χ4n) is 3.50. The number of anilines is 1. The number of carbonyl (C=O) groups excluding carboxylic acids is 1. The minimum Gasteiger partial charge on any atom is -0.374 e. The Hall–Kier alpha value is -2.73. The van der Waals surface area contributed by atoms with E-state index in [1.54, 1.807) is 0 Å². The molecule has 0 saturated heterocycles. The van der Waals surface area contributed by atoms with Gasteiger partial charge in [0.15, 0.2) is 0 Å². The molecule has 14 heteroatoms. The molecule has 35 heavy (non-hydrogen) atoms. The summed E-state index contributed by atoms with van der Waals surface area (Å²) in [6.45, 7) is 0. The first kappa shape index (κ1) is 25.4. The second-order valence-electron chi connectivity index (χ2n) is 8.02. The van der Waals surface area contributed by atoms with Crippen LogP contribution in [-0.4, -0.2) is 24.0 Å². The lowest BCUT2D eigenvalue weighted by atomic mass is 9.85. The molecule has 4 rings (SSSR count). The Morgan fingerprint density at radius 3 is 2.37 bits per heavy atom. The first-order valence-electron chi connectivity index (χ1n) is 9.91. The van der Waals surface area contributed by atoms with E-state index in [9.17, 15) is 35.5 Å². The molecule has 188 valence electrons. The standard InChI is InChI=1S/C21H14Cl2F7N3O2/c22-12-5-10(4-11(6-12)20(25,26)27)19(21(28,29)30)8-17(33-35-19)9-1-2-14(23)16(3-9)31-32-18(34)13-7-15(13)24/h1-6,13,15,31H,7-8H2,(H,32,34)/t13-,15-,19-/m1/s1. The lowest BCUT2D eigenvalue weighted by Crippen LogP contribution is -2.43. The molecule has 1 heterocycles. The molecule has 2 aliphatic rings. The van der Waals surface area contributed by atoms with Gasteiger partial charge < -0.3 is 4.84 Å². The molecule has 1 saturated carbocycles. The number of hydrazine groups is 1. The van der Waals surface area contributed by atoms with Crippen LogP contribution in [0.3, 0.4) is 0 Å². The van der Waals surface area contributed by atoms with Crippen LogP contribution in [0.4, 0.5) is 36.4 Å². The lowest BCUT2D eigenvalue weighted by molar-refractivity contribution is -0.276. The van der Waals surface area contributed by atoms with Gasteiger partial charge in [-0.3, -0.25) is 15.6 Å². The van der Waals surface area contributed by atoms with Gasteiger partial charge in [0.2, 0.25) is 5.91 Å². The fourth-order valence-corrected chi connectivity index (χ4v) is 3.90. The average molecular weight is 544 g/mol. The van der Waals surface area contributed by atoms with Gasteiger partial charge in [0.1, 0.15) is 6.17 Å². The number of halogens is 9. The third-order valence-electron chi connectivity index (χ3n) is 5.55. The molecule has 5 nitrogen and oxygen atoms in total. The molecule has 1 fully saturated rings. The summed E-state index contributed by atoms with van der Waals surface area (Å²) in [6, 6.07) is 5.45. The van der Waals surface area contributed by atoms with E-state index in [4.69, 9.17) is 28.0 Å². The first-order valence-corrected chi connectivity index (χ1v) is 10.7. The van der Waals surface area contributed by atoms with Gasteiger partial charge >= 0.3 is 12.4 Å². The fraction of sp³-hybridized carbons (Fsp3) is 0.333. The Kier molecular flexibility index (Phi) is 6.33. The zero-order valence-electron chi connectivity index (χ0n) is 17.2. The predicted octanol–water partition coefficient (Wildman–Crippen LogP) is 6.40. The molecular formula is C21H14Cl2F7N3O2. The highest BCUT2D eigenvalue weighted by molar-refractivity contribution is 6.33. The number of carbonyl (C=O) groups is 1. The number of nitrogens with one attached hydrogen (secondary N) is 2. The number of alkyl halides is 7. The SMILES string of the molecule is O=C(NNc1cc(C2=NO[C@](c3cc(Cl)cc(C(F)(F)F)c3)(C(F)(F)F)C2)ccc1Cl)[C@@H]1C[C@H]1F. The van der Waals surface area contributed by atoms with Crippen molar-refractivity contribution in [3.63, 3.8) is 0 Å². The molecule has 0 spiro atoms. The Labute approximate surface area is 203 Å². The highest BCUT2D eigenvalue weighted by Gasteiger charge is 2.62. The Morgan fingerprint density at radius 2 is 1.77 bits per heavy atom. The van der Waals surface area contributed by atoms with Gasteiger partial charge in [0.05, 0.1) is 27.9 Å². The van der Waals surface area contributed by atoms with Gasteiger partial charge in [-0.2, -0.15) is 26.3 Å². The predicted molar refractivity (Wildman–Crippen MR) is 113 cm³/mol. The number of nitrogens with zero attached hydrogens (tertiary/aromatic N) is 1. The summed E-state index contributed by atoms with van der Waals surface area (Å²) in [6.07, 6.45) is -12.2. The molecule has 0 bridgehead atoms. The summed E-state index contributed by atoms with van der Waals surface area (Å²) in [7, 11) is 0. The van der Waals surface area contributed by atoms with E-state index < -0.39 is 58.5 Å². The molecule has 1 aliphatic heterocycles. The van der Waals surface area contributed by atoms with Crippen molar-refractivity contribution in [3.05, 3.63) is 63.1 Å². The van der Waals surface area contributed by atoms with Crippen molar-refractivity contribution in [1.82, 2.24) is 5.43 Å². The Balaban J connectivity index is 1.62. The van der Waals surface area contributed by atoms with Crippen LogP contribution in [0.15, 0.2) is 41.6 Å². The van der Waals surface area contributed by atoms with Gasteiger partial charge in [-0.15, -0.1) is 0 Å². The second-order valence-corrected chi connectivity index (χ2v) is 8.87. The average Bonchev–Trinajstić information content (AvgIpc) is 3.30. The highest BCUT2D eigenvalue weighted by Crippen LogP contribution is 2.50. The van der Waals surface area contributed by atoms with Crippen molar-refractivity contribution in [2.45, 2.75) is 37.0 Å². The molecule has 0 radical (unpaired) electrons. The lowest BCUT2D eigenvalue weighted by Gasteiger charge is -2.30. The van der Waals surface area contributed by atoms with Gasteiger partial charge in [-0.05, 0) is 36.8 Å². The van der Waals surface area contributed by atoms with Gasteiger partial charge in [0.25, 0.3) is 5.60 Å². The third-order valence-corrected chi connectivity index (χ3v) is 6.09. The minimum absolute atomic E-state index is 0.0721. The van der Waals surface area contributed by atoms with Crippen LogP contribution < -0.4 is 10.9 Å². The molecule has 3 atom stereocenters. The summed E-state index contributed by atoms with van der Waals surface area (Å²) < 4.78 is 95.2. The van der Waals surface area contributed by atoms with Crippen molar-refractivity contribution in [2.75, 3.05) is 5.43 Å². The van der Waals surface area contributed by atoms with Gasteiger partial charge in [0, 0.05) is 22.6 Å². The van der Waals surface area contributed by atoms with Gasteiger partial charge in [-0.25, -0.2) is 4.39 Å². The Bertz CT molecular complexity index is 1200. The molecule has 0 unspecified atom stereocenters. The van der Waals surface area contributed by atoms with E-state index in [0.29, 0.717) is 12.1 Å². The topological polar surface area (TPSA) is 62.7 Å². The maximum absolute atomic E-state index is 14.2. The highest BCUT2D eigenvalue weighted by atomic mass is 35.5. The van der Waals surface area contributed by atoms with E-state index in [1.807, 2.05) is 0 Å². The van der Waals surface area contributed by atoms with Crippen molar-refractivity contribution in [1.29, 1.82) is 0 Å². The van der Waals surface area contributed by atoms with E-state index >= 15 is 0 Å². The molecule has 0 aromatic heterocycles. The third kappa shape index (κ3) is 4.99. The second kappa shape index (κ2) is 8.74. The van der Waals surface area contributed by atoms with Crippen molar-refractivity contribution in [3.8, 4) is 0 Å². The van der Waals surface area contributed by atoms with Crippen LogP contribution in [0.1, 0.15) is 29.5 Å².